The highest BCUT2D eigenvalue weighted by molar-refractivity contribution is 6.06. The number of anilines is 1. The van der Waals surface area contributed by atoms with Gasteiger partial charge in [-0.15, -0.1) is 0 Å². The minimum absolute atomic E-state index is 0.0155. The molecule has 2 aliphatic heterocycles. The normalized spacial score (nSPS) is 25.2. The minimum Gasteiger partial charge on any atom is -0.377 e. The van der Waals surface area contributed by atoms with Crippen molar-refractivity contribution in [1.29, 1.82) is 0 Å². The molecule has 6 rings (SSSR count). The number of amides is 3. The Morgan fingerprint density at radius 2 is 1.82 bits per heavy atom. The fourth-order valence-corrected chi connectivity index (χ4v) is 6.69. The first-order valence-electron chi connectivity index (χ1n) is 15.3. The van der Waals surface area contributed by atoms with Crippen LogP contribution in [0.5, 0.6) is 0 Å². The summed E-state index contributed by atoms with van der Waals surface area (Å²) in [6.45, 7) is 4.60. The smallest absolute Gasteiger partial charge is 0.251 e. The third-order valence-electron chi connectivity index (χ3n) is 9.14. The first-order chi connectivity index (χ1) is 21.5. The molecule has 1 aliphatic carbocycles. The van der Waals surface area contributed by atoms with Crippen LogP contribution in [0.1, 0.15) is 57.4 Å². The van der Waals surface area contributed by atoms with Crippen LogP contribution in [-0.2, 0) is 37.3 Å². The molecule has 3 aromatic rings. The first kappa shape index (κ1) is 29.7. The maximum Gasteiger partial charge on any atom is 0.251 e. The Labute approximate surface area is 257 Å². The van der Waals surface area contributed by atoms with Gasteiger partial charge in [-0.05, 0) is 66.6 Å². The summed E-state index contributed by atoms with van der Waals surface area (Å²) in [6.07, 6.45) is 8.22. The molecule has 2 N–H and O–H groups in total. The van der Waals surface area contributed by atoms with Crippen LogP contribution in [-0.4, -0.2) is 73.7 Å². The second-order valence-corrected chi connectivity index (χ2v) is 11.8. The number of nitrogens with zero attached hydrogens (tertiary/aromatic N) is 2. The molecule has 0 radical (unpaired) electrons. The molecule has 3 aliphatic rings. The van der Waals surface area contributed by atoms with E-state index in [0.717, 1.165) is 34.2 Å². The number of ether oxygens (including phenoxy) is 2. The Kier molecular flexibility index (Phi) is 8.86. The number of fused-ring (bicyclic) bond motifs is 2. The van der Waals surface area contributed by atoms with Crippen molar-refractivity contribution >= 4 is 30.1 Å². The van der Waals surface area contributed by atoms with Crippen LogP contribution in [0, 0.1) is 0 Å². The van der Waals surface area contributed by atoms with Crippen LogP contribution >= 0.6 is 0 Å². The van der Waals surface area contributed by atoms with Gasteiger partial charge in [-0.1, -0.05) is 48.6 Å². The largest absolute Gasteiger partial charge is 0.377 e. The summed E-state index contributed by atoms with van der Waals surface area (Å²) in [5, 5.41) is 6.08. The lowest BCUT2D eigenvalue weighted by atomic mass is 9.79. The molecule has 3 heterocycles. The van der Waals surface area contributed by atoms with Crippen molar-refractivity contribution in [2.24, 2.45) is 0 Å². The lowest BCUT2D eigenvalue weighted by Gasteiger charge is -2.32. The Hall–Kier alpha value is -4.34. The predicted octanol–water partition coefficient (Wildman–Crippen LogP) is 3.88. The molecule has 9 nitrogen and oxygen atoms in total. The number of benzene rings is 2. The van der Waals surface area contributed by atoms with Crippen LogP contribution in [0.15, 0.2) is 66.9 Å². The number of nitrogens with one attached hydrogen (secondary N) is 2. The fraction of sp³-hybridized carbons (Fsp3) is 0.371. The van der Waals surface area contributed by atoms with Crippen molar-refractivity contribution in [3.63, 3.8) is 0 Å². The average Bonchev–Trinajstić information content (AvgIpc) is 3.56. The summed E-state index contributed by atoms with van der Waals surface area (Å²) in [4.78, 5) is 45.1. The van der Waals surface area contributed by atoms with E-state index in [0.29, 0.717) is 70.2 Å². The number of hydrogen-bond acceptors (Lipinski definition) is 6. The molecule has 5 bridgehead atoms. The van der Waals surface area contributed by atoms with Gasteiger partial charge in [-0.3, -0.25) is 14.4 Å². The van der Waals surface area contributed by atoms with E-state index in [9.17, 15) is 14.4 Å². The van der Waals surface area contributed by atoms with E-state index in [1.54, 1.807) is 11.1 Å². The topological polar surface area (TPSA) is 110 Å². The standard InChI is InChI=1S/C35H38N4O5/c1-24-30(26-7-3-2-4-8-26)11-12-36-33(41)27-9-10-28-20-35(21-29(28)19-27)31-18-25(22-37-32(31)38-34(35)42)6-5-14-43-16-17-44-15-13-39(24)23-40/h2-10,18-19,22-24,30H,11-17,20-21H2,1H3,(H,36,41)(H,37,38,42)/b6-5+/t24?,30?,35-/m1/s1. The lowest BCUT2D eigenvalue weighted by Crippen LogP contribution is -2.40. The van der Waals surface area contributed by atoms with Gasteiger partial charge in [0.15, 0.2) is 0 Å². The van der Waals surface area contributed by atoms with E-state index in [1.807, 2.05) is 61.5 Å². The van der Waals surface area contributed by atoms with Crippen molar-refractivity contribution in [3.8, 4) is 0 Å². The van der Waals surface area contributed by atoms with E-state index in [2.05, 4.69) is 27.8 Å². The molecule has 0 saturated heterocycles. The average molecular weight is 595 g/mol. The highest BCUT2D eigenvalue weighted by atomic mass is 16.5. The number of pyridine rings is 1. The first-order valence-corrected chi connectivity index (χ1v) is 15.3. The van der Waals surface area contributed by atoms with Gasteiger partial charge in [0.2, 0.25) is 12.3 Å². The maximum atomic E-state index is 13.4. The van der Waals surface area contributed by atoms with Gasteiger partial charge in [-0.2, -0.15) is 0 Å². The summed E-state index contributed by atoms with van der Waals surface area (Å²) < 4.78 is 11.5. The van der Waals surface area contributed by atoms with Crippen molar-refractivity contribution in [2.75, 3.05) is 44.8 Å². The maximum absolute atomic E-state index is 13.4. The number of carbonyl (C=O) groups is 3. The van der Waals surface area contributed by atoms with E-state index in [4.69, 9.17) is 9.47 Å². The quantitative estimate of drug-likeness (QED) is 0.436. The highest BCUT2D eigenvalue weighted by Gasteiger charge is 2.51. The van der Waals surface area contributed by atoms with Gasteiger partial charge in [0.1, 0.15) is 5.82 Å². The van der Waals surface area contributed by atoms with Crippen molar-refractivity contribution in [1.82, 2.24) is 15.2 Å². The zero-order valence-electron chi connectivity index (χ0n) is 25.0. The summed E-state index contributed by atoms with van der Waals surface area (Å²) in [5.41, 5.74) is 4.79. The number of carbonyl (C=O) groups excluding carboxylic acids is 3. The van der Waals surface area contributed by atoms with Crippen molar-refractivity contribution in [3.05, 3.63) is 100 Å². The predicted molar refractivity (Wildman–Crippen MR) is 167 cm³/mol. The summed E-state index contributed by atoms with van der Waals surface area (Å²) in [5.74, 6) is 0.402. The second kappa shape index (κ2) is 13.1. The Morgan fingerprint density at radius 1 is 1.00 bits per heavy atom. The van der Waals surface area contributed by atoms with Crippen molar-refractivity contribution in [2.45, 2.75) is 43.6 Å². The van der Waals surface area contributed by atoms with E-state index in [1.165, 1.54) is 0 Å². The van der Waals surface area contributed by atoms with Gasteiger partial charge in [0.05, 0.1) is 31.8 Å². The van der Waals surface area contributed by atoms with Crippen LogP contribution in [0.3, 0.4) is 0 Å². The summed E-state index contributed by atoms with van der Waals surface area (Å²) in [7, 11) is 0. The van der Waals surface area contributed by atoms with Gasteiger partial charge >= 0.3 is 0 Å². The van der Waals surface area contributed by atoms with Crippen LogP contribution < -0.4 is 10.6 Å². The number of rotatable bonds is 2. The summed E-state index contributed by atoms with van der Waals surface area (Å²) in [6, 6.07) is 17.7. The molecule has 3 amide bonds. The van der Waals surface area contributed by atoms with Gasteiger partial charge in [0.25, 0.3) is 5.91 Å². The Balaban J connectivity index is 1.26. The molecular formula is C35H38N4O5. The van der Waals surface area contributed by atoms with Crippen molar-refractivity contribution < 1.29 is 23.9 Å². The number of aromatic nitrogens is 1. The Morgan fingerprint density at radius 3 is 2.66 bits per heavy atom. The second-order valence-electron chi connectivity index (χ2n) is 11.8. The van der Waals surface area contributed by atoms with Crippen LogP contribution in [0.25, 0.3) is 6.08 Å². The van der Waals surface area contributed by atoms with E-state index < -0.39 is 5.41 Å². The summed E-state index contributed by atoms with van der Waals surface area (Å²) >= 11 is 0. The van der Waals surface area contributed by atoms with Gasteiger partial charge < -0.3 is 25.0 Å². The molecule has 44 heavy (non-hydrogen) atoms. The molecule has 228 valence electrons. The molecule has 3 atom stereocenters. The molecule has 2 aromatic carbocycles. The van der Waals surface area contributed by atoms with Crippen LogP contribution in [0.2, 0.25) is 0 Å². The molecular weight excluding hydrogens is 556 g/mol. The minimum atomic E-state index is -0.741. The zero-order chi connectivity index (χ0) is 30.5. The molecule has 0 fully saturated rings. The van der Waals surface area contributed by atoms with Gasteiger partial charge in [-0.25, -0.2) is 4.98 Å². The van der Waals surface area contributed by atoms with Crippen LogP contribution in [0.4, 0.5) is 5.82 Å². The number of hydrogen-bond donors (Lipinski definition) is 2. The fourth-order valence-electron chi connectivity index (χ4n) is 6.69. The molecule has 1 aromatic heterocycles. The lowest BCUT2D eigenvalue weighted by molar-refractivity contribution is -0.121. The van der Waals surface area contributed by atoms with E-state index in [-0.39, 0.29) is 23.8 Å². The van der Waals surface area contributed by atoms with E-state index >= 15 is 0 Å². The molecule has 2 unspecified atom stereocenters. The van der Waals surface area contributed by atoms with Gasteiger partial charge in [0, 0.05) is 42.4 Å². The molecule has 1 spiro atoms. The highest BCUT2D eigenvalue weighted by Crippen LogP contribution is 2.47. The SMILES string of the molecule is CC1C(c2ccccc2)CCNC(=O)c2ccc3c(c2)C[C@@]2(C3)C(=O)Nc3ncc(cc32)/C=C/COCCOCCN1C=O. The monoisotopic (exact) mass is 594 g/mol. The Bertz CT molecular complexity index is 1560. The molecule has 0 saturated carbocycles. The third-order valence-corrected chi connectivity index (χ3v) is 9.14. The molecule has 9 heteroatoms. The third kappa shape index (κ3) is 6.02. The zero-order valence-corrected chi connectivity index (χ0v) is 25.0.